The van der Waals surface area contributed by atoms with Crippen LogP contribution in [0.5, 0.6) is 0 Å². The molecule has 0 spiro atoms. The predicted molar refractivity (Wildman–Crippen MR) is 71.6 cm³/mol. The van der Waals surface area contributed by atoms with Gasteiger partial charge in [0.2, 0.25) is 5.91 Å². The third-order valence-corrected chi connectivity index (χ3v) is 4.14. The van der Waals surface area contributed by atoms with Crippen molar-refractivity contribution < 1.29 is 4.79 Å². The van der Waals surface area contributed by atoms with Crippen molar-refractivity contribution in [2.45, 2.75) is 65.5 Å². The third kappa shape index (κ3) is 3.98. The summed E-state index contributed by atoms with van der Waals surface area (Å²) in [5.74, 6) is 1.43. The molecular weight excluding hydrogens is 212 g/mol. The molecule has 1 saturated heterocycles. The van der Waals surface area contributed by atoms with Gasteiger partial charge in [0.25, 0.3) is 0 Å². The fraction of sp³-hybridized carbons (Fsp3) is 0.929. The molecule has 1 aliphatic heterocycles. The van der Waals surface area contributed by atoms with Gasteiger partial charge in [0.15, 0.2) is 0 Å². The number of amides is 1. The van der Waals surface area contributed by atoms with Crippen molar-refractivity contribution >= 4 is 5.91 Å². The van der Waals surface area contributed by atoms with Crippen molar-refractivity contribution in [1.82, 2.24) is 4.90 Å². The zero-order valence-electron chi connectivity index (χ0n) is 11.8. The maximum Gasteiger partial charge on any atom is 0.223 e. The first-order valence-electron chi connectivity index (χ1n) is 7.00. The minimum atomic E-state index is 0.279. The fourth-order valence-corrected chi connectivity index (χ4v) is 2.77. The van der Waals surface area contributed by atoms with Crippen LogP contribution < -0.4 is 5.73 Å². The molecule has 2 N–H and O–H groups in total. The largest absolute Gasteiger partial charge is 0.340 e. The topological polar surface area (TPSA) is 46.3 Å². The molecule has 1 fully saturated rings. The Morgan fingerprint density at radius 1 is 1.47 bits per heavy atom. The average Bonchev–Trinajstić information content (AvgIpc) is 2.24. The molecule has 3 atom stereocenters. The molecule has 17 heavy (non-hydrogen) atoms. The molecule has 0 saturated carbocycles. The van der Waals surface area contributed by atoms with Gasteiger partial charge in [0.1, 0.15) is 0 Å². The number of piperidine rings is 1. The van der Waals surface area contributed by atoms with E-state index in [1.807, 2.05) is 4.90 Å². The van der Waals surface area contributed by atoms with E-state index < -0.39 is 0 Å². The zero-order chi connectivity index (χ0) is 13.0. The van der Waals surface area contributed by atoms with E-state index in [1.54, 1.807) is 0 Å². The second-order valence-corrected chi connectivity index (χ2v) is 5.84. The minimum absolute atomic E-state index is 0.279. The first kappa shape index (κ1) is 14.5. The molecular formula is C14H28N2O. The summed E-state index contributed by atoms with van der Waals surface area (Å²) >= 11 is 0. The summed E-state index contributed by atoms with van der Waals surface area (Å²) < 4.78 is 0. The number of hydrogen-bond acceptors (Lipinski definition) is 2. The van der Waals surface area contributed by atoms with Gasteiger partial charge in [0, 0.05) is 25.0 Å². The molecule has 1 rings (SSSR count). The lowest BCUT2D eigenvalue weighted by Gasteiger charge is -2.37. The summed E-state index contributed by atoms with van der Waals surface area (Å²) in [4.78, 5) is 14.3. The second-order valence-electron chi connectivity index (χ2n) is 5.84. The van der Waals surface area contributed by atoms with Crippen LogP contribution in [0.1, 0.15) is 53.4 Å². The minimum Gasteiger partial charge on any atom is -0.340 e. The Bertz CT molecular complexity index is 253. The first-order valence-corrected chi connectivity index (χ1v) is 7.00. The van der Waals surface area contributed by atoms with Crippen LogP contribution in [0.2, 0.25) is 0 Å². The van der Waals surface area contributed by atoms with Crippen molar-refractivity contribution in [3.8, 4) is 0 Å². The molecule has 3 nitrogen and oxygen atoms in total. The van der Waals surface area contributed by atoms with E-state index in [4.69, 9.17) is 5.73 Å². The van der Waals surface area contributed by atoms with Crippen molar-refractivity contribution in [3.05, 3.63) is 0 Å². The Kier molecular flexibility index (Phi) is 5.44. The Labute approximate surface area is 106 Å². The van der Waals surface area contributed by atoms with E-state index in [1.165, 1.54) is 0 Å². The molecule has 0 aromatic heterocycles. The number of likely N-dealkylation sites (tertiary alicyclic amines) is 1. The van der Waals surface area contributed by atoms with E-state index in [0.717, 1.165) is 25.8 Å². The molecule has 0 radical (unpaired) electrons. The maximum absolute atomic E-state index is 12.3. The summed E-state index contributed by atoms with van der Waals surface area (Å²) in [6.07, 6.45) is 3.69. The molecule has 1 aliphatic rings. The Morgan fingerprint density at radius 3 is 2.59 bits per heavy atom. The van der Waals surface area contributed by atoms with Gasteiger partial charge in [-0.1, -0.05) is 27.2 Å². The van der Waals surface area contributed by atoms with E-state index in [2.05, 4.69) is 27.7 Å². The van der Waals surface area contributed by atoms with Crippen LogP contribution >= 0.6 is 0 Å². The Hall–Kier alpha value is -0.570. The van der Waals surface area contributed by atoms with E-state index in [0.29, 0.717) is 30.2 Å². The highest BCUT2D eigenvalue weighted by Crippen LogP contribution is 2.23. The Morgan fingerprint density at radius 2 is 2.12 bits per heavy atom. The number of hydrogen-bond donors (Lipinski definition) is 1. The quantitative estimate of drug-likeness (QED) is 0.820. The number of rotatable bonds is 4. The van der Waals surface area contributed by atoms with Crippen LogP contribution in [-0.2, 0) is 4.79 Å². The van der Waals surface area contributed by atoms with Gasteiger partial charge >= 0.3 is 0 Å². The summed E-state index contributed by atoms with van der Waals surface area (Å²) in [5.41, 5.74) is 5.93. The van der Waals surface area contributed by atoms with Crippen molar-refractivity contribution in [2.24, 2.45) is 17.6 Å². The standard InChI is InChI=1S/C14H28N2O/c1-5-12(10(2)3)9-14(17)16-7-6-13(15)8-11(16)4/h10-13H,5-9,15H2,1-4H3/t11-,12+,13+/m0/s1. The van der Waals surface area contributed by atoms with Gasteiger partial charge in [-0.15, -0.1) is 0 Å². The molecule has 0 aliphatic carbocycles. The van der Waals surface area contributed by atoms with Gasteiger partial charge in [-0.3, -0.25) is 4.79 Å². The van der Waals surface area contributed by atoms with Crippen molar-refractivity contribution in [2.75, 3.05) is 6.54 Å². The normalized spacial score (nSPS) is 27.3. The highest BCUT2D eigenvalue weighted by molar-refractivity contribution is 5.76. The zero-order valence-corrected chi connectivity index (χ0v) is 11.8. The van der Waals surface area contributed by atoms with E-state index in [-0.39, 0.29) is 6.04 Å². The molecule has 0 unspecified atom stereocenters. The maximum atomic E-state index is 12.3. The highest BCUT2D eigenvalue weighted by atomic mass is 16.2. The second kappa shape index (κ2) is 6.39. The van der Waals surface area contributed by atoms with Crippen LogP contribution in [0.25, 0.3) is 0 Å². The van der Waals surface area contributed by atoms with Gasteiger partial charge in [-0.25, -0.2) is 0 Å². The molecule has 100 valence electrons. The van der Waals surface area contributed by atoms with Gasteiger partial charge in [-0.05, 0) is 31.6 Å². The molecule has 1 heterocycles. The summed E-state index contributed by atoms with van der Waals surface area (Å²) in [6, 6.07) is 0.594. The van der Waals surface area contributed by atoms with E-state index in [9.17, 15) is 4.79 Å². The van der Waals surface area contributed by atoms with Crippen LogP contribution in [0.15, 0.2) is 0 Å². The van der Waals surface area contributed by atoms with Gasteiger partial charge < -0.3 is 10.6 Å². The molecule has 0 aromatic rings. The lowest BCUT2D eigenvalue weighted by Crippen LogP contribution is -2.48. The average molecular weight is 240 g/mol. The first-order chi connectivity index (χ1) is 7.95. The highest BCUT2D eigenvalue weighted by Gasteiger charge is 2.28. The Balaban J connectivity index is 2.52. The van der Waals surface area contributed by atoms with Crippen LogP contribution in [0.4, 0.5) is 0 Å². The van der Waals surface area contributed by atoms with Crippen LogP contribution in [0, 0.1) is 11.8 Å². The van der Waals surface area contributed by atoms with Crippen LogP contribution in [-0.4, -0.2) is 29.4 Å². The SMILES string of the molecule is CC[C@H](CC(=O)N1CC[C@@H](N)C[C@@H]1C)C(C)C. The van der Waals surface area contributed by atoms with Crippen LogP contribution in [0.3, 0.4) is 0 Å². The van der Waals surface area contributed by atoms with Gasteiger partial charge in [0.05, 0.1) is 0 Å². The molecule has 3 heteroatoms. The predicted octanol–water partition coefficient (Wildman–Crippen LogP) is 2.40. The van der Waals surface area contributed by atoms with E-state index >= 15 is 0 Å². The number of nitrogens with two attached hydrogens (primary N) is 1. The lowest BCUT2D eigenvalue weighted by molar-refractivity contribution is -0.136. The number of carbonyl (C=O) groups is 1. The fourth-order valence-electron chi connectivity index (χ4n) is 2.77. The summed E-state index contributed by atoms with van der Waals surface area (Å²) in [7, 11) is 0. The number of nitrogens with zero attached hydrogens (tertiary/aromatic N) is 1. The third-order valence-electron chi connectivity index (χ3n) is 4.14. The molecule has 0 aromatic carbocycles. The monoisotopic (exact) mass is 240 g/mol. The molecule has 1 amide bonds. The van der Waals surface area contributed by atoms with Crippen molar-refractivity contribution in [1.29, 1.82) is 0 Å². The van der Waals surface area contributed by atoms with Gasteiger partial charge in [-0.2, -0.15) is 0 Å². The molecule has 0 bridgehead atoms. The summed E-state index contributed by atoms with van der Waals surface area (Å²) in [5, 5.41) is 0. The lowest BCUT2D eigenvalue weighted by atomic mass is 9.89. The smallest absolute Gasteiger partial charge is 0.223 e. The summed E-state index contributed by atoms with van der Waals surface area (Å²) in [6.45, 7) is 9.55. The van der Waals surface area contributed by atoms with Crippen molar-refractivity contribution in [3.63, 3.8) is 0 Å². The number of carbonyl (C=O) groups excluding carboxylic acids is 1.